The fraction of sp³-hybridized carbons (Fsp3) is 0.273. The van der Waals surface area contributed by atoms with Crippen LogP contribution in [0.3, 0.4) is 0 Å². The van der Waals surface area contributed by atoms with Gasteiger partial charge in [0, 0.05) is 5.75 Å². The minimum absolute atomic E-state index is 0.176. The van der Waals surface area contributed by atoms with E-state index in [-0.39, 0.29) is 5.75 Å². The second-order valence-corrected chi connectivity index (χ2v) is 5.16. The highest BCUT2D eigenvalue weighted by atomic mass is 32.2. The number of tetrazole rings is 1. The zero-order valence-corrected chi connectivity index (χ0v) is 11.0. The average Bonchev–Trinajstić information content (AvgIpc) is 2.85. The normalized spacial score (nSPS) is 14.0. The Hall–Kier alpha value is -1.93. The fourth-order valence-corrected chi connectivity index (χ4v) is 2.19. The number of aromatic nitrogens is 4. The highest BCUT2D eigenvalue weighted by molar-refractivity contribution is 7.99. The maximum absolute atomic E-state index is 10.9. The van der Waals surface area contributed by atoms with Crippen LogP contribution in [0.25, 0.3) is 5.69 Å². The minimum Gasteiger partial charge on any atom is -0.480 e. The Bertz CT molecular complexity index is 569. The van der Waals surface area contributed by atoms with Crippen molar-refractivity contribution in [2.75, 3.05) is 5.75 Å². The summed E-state index contributed by atoms with van der Waals surface area (Å²) in [6.45, 7) is 1.46. The molecule has 1 aromatic heterocycles. The molecule has 0 saturated carbocycles. The first kappa shape index (κ1) is 13.5. The van der Waals surface area contributed by atoms with Crippen molar-refractivity contribution in [1.82, 2.24) is 20.2 Å². The molecule has 0 aliphatic rings. The number of benzene rings is 1. The van der Waals surface area contributed by atoms with Gasteiger partial charge in [-0.05, 0) is 29.5 Å². The molecule has 0 radical (unpaired) electrons. The van der Waals surface area contributed by atoms with Gasteiger partial charge in [-0.1, -0.05) is 30.0 Å². The van der Waals surface area contributed by atoms with Crippen LogP contribution in [0.2, 0.25) is 0 Å². The van der Waals surface area contributed by atoms with Crippen LogP contribution in [0, 0.1) is 0 Å². The van der Waals surface area contributed by atoms with Crippen molar-refractivity contribution >= 4 is 17.7 Å². The van der Waals surface area contributed by atoms with E-state index in [2.05, 4.69) is 15.5 Å². The van der Waals surface area contributed by atoms with Crippen molar-refractivity contribution in [2.24, 2.45) is 5.73 Å². The number of nitrogens with two attached hydrogens (primary N) is 1. The first-order chi connectivity index (χ1) is 9.00. The predicted molar refractivity (Wildman–Crippen MR) is 70.1 cm³/mol. The van der Waals surface area contributed by atoms with Crippen LogP contribution in [-0.4, -0.2) is 42.6 Å². The van der Waals surface area contributed by atoms with Crippen molar-refractivity contribution in [3.05, 3.63) is 30.3 Å². The third kappa shape index (κ3) is 3.09. The highest BCUT2D eigenvalue weighted by Crippen LogP contribution is 2.21. The summed E-state index contributed by atoms with van der Waals surface area (Å²) in [7, 11) is 0. The lowest BCUT2D eigenvalue weighted by molar-refractivity contribution is -0.141. The number of para-hydroxylation sites is 1. The van der Waals surface area contributed by atoms with Crippen LogP contribution >= 0.6 is 11.8 Å². The third-order valence-electron chi connectivity index (χ3n) is 2.43. The molecule has 2 rings (SSSR count). The van der Waals surface area contributed by atoms with Gasteiger partial charge in [-0.2, -0.15) is 4.68 Å². The van der Waals surface area contributed by atoms with Crippen molar-refractivity contribution in [3.63, 3.8) is 0 Å². The maximum atomic E-state index is 10.9. The predicted octanol–water partition coefficient (Wildman–Crippen LogP) is 0.556. The molecule has 0 spiro atoms. The van der Waals surface area contributed by atoms with Crippen molar-refractivity contribution in [3.8, 4) is 5.69 Å². The van der Waals surface area contributed by atoms with Gasteiger partial charge in [0.05, 0.1) is 5.69 Å². The summed E-state index contributed by atoms with van der Waals surface area (Å²) in [5.74, 6) is -0.881. The number of carbonyl (C=O) groups is 1. The molecule has 2 aromatic rings. The van der Waals surface area contributed by atoms with Crippen molar-refractivity contribution in [1.29, 1.82) is 0 Å². The minimum atomic E-state index is -1.32. The molecule has 0 bridgehead atoms. The summed E-state index contributed by atoms with van der Waals surface area (Å²) in [6, 6.07) is 9.35. The van der Waals surface area contributed by atoms with Crippen LogP contribution < -0.4 is 5.73 Å². The van der Waals surface area contributed by atoms with E-state index in [1.165, 1.54) is 18.7 Å². The monoisotopic (exact) mass is 279 g/mol. The molecule has 0 aliphatic heterocycles. The van der Waals surface area contributed by atoms with Crippen LogP contribution in [0.15, 0.2) is 35.5 Å². The van der Waals surface area contributed by atoms with E-state index in [0.717, 1.165) is 5.69 Å². The number of thioether (sulfide) groups is 1. The van der Waals surface area contributed by atoms with Crippen LogP contribution in [0.1, 0.15) is 6.92 Å². The Morgan fingerprint density at radius 1 is 1.47 bits per heavy atom. The van der Waals surface area contributed by atoms with Gasteiger partial charge in [0.15, 0.2) is 0 Å². The number of rotatable bonds is 5. The van der Waals surface area contributed by atoms with Gasteiger partial charge < -0.3 is 10.8 Å². The topological polar surface area (TPSA) is 107 Å². The van der Waals surface area contributed by atoms with Gasteiger partial charge in [-0.15, -0.1) is 5.10 Å². The zero-order valence-electron chi connectivity index (χ0n) is 10.2. The lowest BCUT2D eigenvalue weighted by Gasteiger charge is -2.17. The Labute approximate surface area is 113 Å². The van der Waals surface area contributed by atoms with Gasteiger partial charge >= 0.3 is 5.97 Å². The number of aliphatic carboxylic acids is 1. The first-order valence-electron chi connectivity index (χ1n) is 5.49. The Morgan fingerprint density at radius 3 is 2.79 bits per heavy atom. The second-order valence-electron chi connectivity index (χ2n) is 4.22. The summed E-state index contributed by atoms with van der Waals surface area (Å²) >= 11 is 1.20. The Balaban J connectivity index is 2.16. The number of hydrogen-bond donors (Lipinski definition) is 2. The molecule has 1 unspecified atom stereocenters. The molecular weight excluding hydrogens is 266 g/mol. The molecule has 100 valence electrons. The molecule has 0 saturated heterocycles. The Kier molecular flexibility index (Phi) is 3.82. The van der Waals surface area contributed by atoms with Gasteiger partial charge in [0.25, 0.3) is 0 Å². The molecule has 0 amide bonds. The quantitative estimate of drug-likeness (QED) is 0.770. The van der Waals surface area contributed by atoms with Crippen molar-refractivity contribution in [2.45, 2.75) is 17.6 Å². The molecular formula is C11H13N5O2S. The largest absolute Gasteiger partial charge is 0.480 e. The molecule has 0 fully saturated rings. The number of nitrogens with zero attached hydrogens (tertiary/aromatic N) is 4. The molecule has 1 heterocycles. The average molecular weight is 279 g/mol. The van der Waals surface area contributed by atoms with E-state index < -0.39 is 11.5 Å². The standard InChI is InChI=1S/C11H13N5O2S/c1-11(12,9(17)18)7-19-10-13-14-15-16(10)8-5-3-2-4-6-8/h2-6H,7,12H2,1H3,(H,17,18). The number of carboxylic acids is 1. The van der Waals surface area contributed by atoms with Gasteiger partial charge in [-0.3, -0.25) is 4.79 Å². The smallest absolute Gasteiger partial charge is 0.324 e. The second kappa shape index (κ2) is 5.37. The third-order valence-corrected chi connectivity index (χ3v) is 3.69. The summed E-state index contributed by atoms with van der Waals surface area (Å²) < 4.78 is 1.54. The molecule has 1 aromatic carbocycles. The van der Waals surface area contributed by atoms with Crippen LogP contribution in [0.5, 0.6) is 0 Å². The molecule has 3 N–H and O–H groups in total. The fourth-order valence-electron chi connectivity index (χ4n) is 1.28. The molecule has 0 aliphatic carbocycles. The molecule has 19 heavy (non-hydrogen) atoms. The van der Waals surface area contributed by atoms with Gasteiger partial charge in [-0.25, -0.2) is 0 Å². The SMILES string of the molecule is CC(N)(CSc1nnnn1-c1ccccc1)C(=O)O. The number of carboxylic acid groups (broad SMARTS) is 1. The van der Waals surface area contributed by atoms with E-state index in [0.29, 0.717) is 5.16 Å². The summed E-state index contributed by atoms with van der Waals surface area (Å²) in [6.07, 6.45) is 0. The first-order valence-corrected chi connectivity index (χ1v) is 6.48. The van der Waals surface area contributed by atoms with Gasteiger partial charge in [0.1, 0.15) is 5.54 Å². The highest BCUT2D eigenvalue weighted by Gasteiger charge is 2.29. The lowest BCUT2D eigenvalue weighted by atomic mass is 10.1. The van der Waals surface area contributed by atoms with Crippen LogP contribution in [0.4, 0.5) is 0 Å². The summed E-state index contributed by atoms with van der Waals surface area (Å²) in [4.78, 5) is 10.9. The molecule has 1 atom stereocenters. The van der Waals surface area contributed by atoms with E-state index in [9.17, 15) is 4.79 Å². The Morgan fingerprint density at radius 2 is 2.16 bits per heavy atom. The molecule has 8 heteroatoms. The summed E-state index contributed by atoms with van der Waals surface area (Å²) in [5.41, 5.74) is 5.15. The van der Waals surface area contributed by atoms with E-state index in [1.807, 2.05) is 30.3 Å². The number of hydrogen-bond acceptors (Lipinski definition) is 6. The maximum Gasteiger partial charge on any atom is 0.324 e. The van der Waals surface area contributed by atoms with E-state index in [4.69, 9.17) is 10.8 Å². The van der Waals surface area contributed by atoms with Crippen LogP contribution in [-0.2, 0) is 4.79 Å². The van der Waals surface area contributed by atoms with E-state index in [1.54, 1.807) is 4.68 Å². The summed E-state index contributed by atoms with van der Waals surface area (Å²) in [5, 5.41) is 20.8. The van der Waals surface area contributed by atoms with E-state index >= 15 is 0 Å². The van der Waals surface area contributed by atoms with Gasteiger partial charge in [0.2, 0.25) is 5.16 Å². The zero-order chi connectivity index (χ0) is 13.9. The van der Waals surface area contributed by atoms with Crippen molar-refractivity contribution < 1.29 is 9.90 Å². The lowest BCUT2D eigenvalue weighted by Crippen LogP contribution is -2.47. The molecule has 7 nitrogen and oxygen atoms in total.